The number of rotatable bonds is 4. The van der Waals surface area contributed by atoms with Gasteiger partial charge in [-0.1, -0.05) is 24.3 Å². The molecule has 0 amide bonds. The summed E-state index contributed by atoms with van der Waals surface area (Å²) in [7, 11) is -3.71. The van der Waals surface area contributed by atoms with Crippen LogP contribution >= 0.6 is 0 Å². The molecule has 4 rings (SSSR count). The van der Waals surface area contributed by atoms with Crippen LogP contribution in [-0.2, 0) is 17.1 Å². The number of benzene rings is 1. The zero-order chi connectivity index (χ0) is 24.0. The van der Waals surface area contributed by atoms with Crippen molar-refractivity contribution < 1.29 is 21.6 Å². The molecule has 8 nitrogen and oxygen atoms in total. The third-order valence-corrected chi connectivity index (χ3v) is 7.43. The van der Waals surface area contributed by atoms with Gasteiger partial charge in [0, 0.05) is 43.3 Å². The first kappa shape index (κ1) is 23.2. The van der Waals surface area contributed by atoms with Crippen LogP contribution in [0.15, 0.2) is 41.3 Å². The largest absolute Gasteiger partial charge is 0.511 e. The van der Waals surface area contributed by atoms with Gasteiger partial charge in [-0.25, -0.2) is 13.4 Å². The van der Waals surface area contributed by atoms with Crippen LogP contribution in [0.2, 0.25) is 0 Å². The number of aryl methyl sites for hydroxylation is 2. The molecule has 12 heteroatoms. The van der Waals surface area contributed by atoms with E-state index in [1.165, 1.54) is 4.57 Å². The first-order valence-corrected chi connectivity index (χ1v) is 11.7. The molecule has 3 heterocycles. The first-order valence-electron chi connectivity index (χ1n) is 10.2. The normalized spacial score (nSPS) is 16.3. The fourth-order valence-electron chi connectivity index (χ4n) is 3.95. The van der Waals surface area contributed by atoms with Gasteiger partial charge in [0.25, 0.3) is 5.56 Å². The lowest BCUT2D eigenvalue weighted by Crippen LogP contribution is -2.47. The summed E-state index contributed by atoms with van der Waals surface area (Å²) in [5.41, 5.74) is -2.80. The summed E-state index contributed by atoms with van der Waals surface area (Å²) in [6.45, 7) is 1.41. The van der Waals surface area contributed by atoms with E-state index < -0.39 is 15.5 Å². The minimum Gasteiger partial charge on any atom is -0.351 e. The molecular formula is C21H22F3N5O3S. The van der Waals surface area contributed by atoms with Crippen molar-refractivity contribution in [3.05, 3.63) is 52.4 Å². The van der Waals surface area contributed by atoms with Crippen LogP contribution in [0.25, 0.3) is 22.2 Å². The van der Waals surface area contributed by atoms with Crippen LogP contribution in [0.1, 0.15) is 18.4 Å². The zero-order valence-electron chi connectivity index (χ0n) is 17.9. The molecular weight excluding hydrogens is 459 g/mol. The molecule has 0 unspecified atom stereocenters. The quantitative estimate of drug-likeness (QED) is 0.615. The van der Waals surface area contributed by atoms with Gasteiger partial charge >= 0.3 is 15.5 Å². The van der Waals surface area contributed by atoms with E-state index in [4.69, 9.17) is 0 Å². The van der Waals surface area contributed by atoms with Crippen molar-refractivity contribution >= 4 is 27.0 Å². The summed E-state index contributed by atoms with van der Waals surface area (Å²) in [5, 5.41) is 3.70. The van der Waals surface area contributed by atoms with E-state index in [1.54, 1.807) is 19.3 Å². The van der Waals surface area contributed by atoms with Crippen LogP contribution in [0, 0.1) is 6.92 Å². The Kier molecular flexibility index (Phi) is 5.91. The van der Waals surface area contributed by atoms with Crippen molar-refractivity contribution in [2.24, 2.45) is 7.05 Å². The maximum absolute atomic E-state index is 13.0. The van der Waals surface area contributed by atoms with E-state index in [2.05, 4.69) is 15.3 Å². The summed E-state index contributed by atoms with van der Waals surface area (Å²) >= 11 is 0. The molecule has 33 heavy (non-hydrogen) atoms. The SMILES string of the molecule is Cc1ccccc1-c1cc2cnc(NC3CCN(S(=O)(=O)C(F)(F)F)CC3)nc2n(C)c1=O. The second-order valence-electron chi connectivity index (χ2n) is 7.98. The molecule has 1 aromatic carbocycles. The van der Waals surface area contributed by atoms with Gasteiger partial charge in [0.2, 0.25) is 5.95 Å². The highest BCUT2D eigenvalue weighted by Gasteiger charge is 2.50. The summed E-state index contributed by atoms with van der Waals surface area (Å²) in [4.78, 5) is 21.7. The van der Waals surface area contributed by atoms with Gasteiger partial charge in [-0.15, -0.1) is 0 Å². The minimum atomic E-state index is -5.33. The smallest absolute Gasteiger partial charge is 0.351 e. The number of anilines is 1. The molecule has 0 saturated carbocycles. The van der Waals surface area contributed by atoms with E-state index in [0.29, 0.717) is 20.9 Å². The van der Waals surface area contributed by atoms with Gasteiger partial charge in [-0.3, -0.25) is 9.36 Å². The van der Waals surface area contributed by atoms with Crippen LogP contribution < -0.4 is 10.9 Å². The number of fused-ring (bicyclic) bond motifs is 1. The Bertz CT molecular complexity index is 1360. The molecule has 2 aromatic heterocycles. The van der Waals surface area contributed by atoms with Crippen LogP contribution in [-0.4, -0.2) is 51.9 Å². The number of hydrogen-bond donors (Lipinski definition) is 1. The molecule has 3 aromatic rings. The molecule has 0 spiro atoms. The fourth-order valence-corrected chi connectivity index (χ4v) is 4.94. The lowest BCUT2D eigenvalue weighted by Gasteiger charge is -2.31. The van der Waals surface area contributed by atoms with Gasteiger partial charge in [0.1, 0.15) is 5.65 Å². The topological polar surface area (TPSA) is 97.2 Å². The maximum atomic E-state index is 13.0. The Morgan fingerprint density at radius 1 is 1.12 bits per heavy atom. The van der Waals surface area contributed by atoms with Gasteiger partial charge in [-0.2, -0.15) is 22.5 Å². The average Bonchev–Trinajstić information content (AvgIpc) is 2.77. The predicted octanol–water partition coefficient (Wildman–Crippen LogP) is 3.03. The van der Waals surface area contributed by atoms with E-state index in [1.807, 2.05) is 31.2 Å². The lowest BCUT2D eigenvalue weighted by molar-refractivity contribution is -0.0494. The third kappa shape index (κ3) is 4.32. The van der Waals surface area contributed by atoms with E-state index >= 15 is 0 Å². The molecule has 0 atom stereocenters. The third-order valence-electron chi connectivity index (χ3n) is 5.80. The number of halogens is 3. The van der Waals surface area contributed by atoms with Crippen LogP contribution in [0.4, 0.5) is 19.1 Å². The van der Waals surface area contributed by atoms with Crippen molar-refractivity contribution in [1.82, 2.24) is 18.8 Å². The van der Waals surface area contributed by atoms with Crippen molar-refractivity contribution in [3.8, 4) is 11.1 Å². The second-order valence-corrected chi connectivity index (χ2v) is 9.91. The molecule has 0 aliphatic carbocycles. The Labute approximate surface area is 188 Å². The van der Waals surface area contributed by atoms with Crippen LogP contribution in [0.5, 0.6) is 0 Å². The van der Waals surface area contributed by atoms with Crippen molar-refractivity contribution in [1.29, 1.82) is 0 Å². The highest BCUT2D eigenvalue weighted by Crippen LogP contribution is 2.29. The number of nitrogens with zero attached hydrogens (tertiary/aromatic N) is 4. The number of pyridine rings is 1. The van der Waals surface area contributed by atoms with Crippen molar-refractivity contribution in [3.63, 3.8) is 0 Å². The average molecular weight is 482 g/mol. The van der Waals surface area contributed by atoms with Gasteiger partial charge in [-0.05, 0) is 37.0 Å². The molecule has 1 aliphatic rings. The lowest BCUT2D eigenvalue weighted by atomic mass is 10.0. The summed E-state index contributed by atoms with van der Waals surface area (Å²) in [5.74, 6) is 0.221. The predicted molar refractivity (Wildman–Crippen MR) is 118 cm³/mol. The fraction of sp³-hybridized carbons (Fsp3) is 0.381. The number of piperidine rings is 1. The molecule has 176 valence electrons. The molecule has 1 fully saturated rings. The highest BCUT2D eigenvalue weighted by molar-refractivity contribution is 7.90. The molecule has 0 radical (unpaired) electrons. The van der Waals surface area contributed by atoms with Gasteiger partial charge < -0.3 is 5.32 Å². The molecule has 1 saturated heterocycles. The van der Waals surface area contributed by atoms with Crippen molar-refractivity contribution in [2.75, 3.05) is 18.4 Å². The Balaban J connectivity index is 1.55. The zero-order valence-corrected chi connectivity index (χ0v) is 18.7. The Hall–Kier alpha value is -2.99. The molecule has 0 bridgehead atoms. The van der Waals surface area contributed by atoms with Crippen LogP contribution in [0.3, 0.4) is 0 Å². The summed E-state index contributed by atoms with van der Waals surface area (Å²) < 4.78 is 63.2. The summed E-state index contributed by atoms with van der Waals surface area (Å²) in [6, 6.07) is 9.00. The highest BCUT2D eigenvalue weighted by atomic mass is 32.2. The number of hydrogen-bond acceptors (Lipinski definition) is 6. The van der Waals surface area contributed by atoms with Crippen molar-refractivity contribution in [2.45, 2.75) is 31.3 Å². The number of nitrogens with one attached hydrogen (secondary N) is 1. The first-order chi connectivity index (χ1) is 15.5. The molecule has 1 aliphatic heterocycles. The number of sulfonamides is 1. The second kappa shape index (κ2) is 8.41. The number of alkyl halides is 3. The minimum absolute atomic E-state index is 0.169. The van der Waals surface area contributed by atoms with Gasteiger partial charge in [0.15, 0.2) is 0 Å². The Morgan fingerprint density at radius 3 is 2.42 bits per heavy atom. The monoisotopic (exact) mass is 481 g/mol. The number of aromatic nitrogens is 3. The van der Waals surface area contributed by atoms with E-state index in [0.717, 1.165) is 11.1 Å². The molecule has 1 N–H and O–H groups in total. The summed E-state index contributed by atoms with van der Waals surface area (Å²) in [6.07, 6.45) is 1.92. The van der Waals surface area contributed by atoms with Gasteiger partial charge in [0.05, 0.1) is 0 Å². The Morgan fingerprint density at radius 2 is 1.79 bits per heavy atom. The van der Waals surface area contributed by atoms with E-state index in [9.17, 15) is 26.4 Å². The standard InChI is InChI=1S/C21H22F3N5O3S/c1-13-5-3-4-6-16(13)17-11-14-12-25-20(27-18(14)28(2)19(17)30)26-15-7-9-29(10-8-15)33(31,32)21(22,23)24/h3-6,11-12,15H,7-10H2,1-2H3,(H,25,26,27). The maximum Gasteiger partial charge on any atom is 0.511 e. The van der Waals surface area contributed by atoms with E-state index in [-0.39, 0.29) is 43.5 Å².